The van der Waals surface area contributed by atoms with E-state index >= 15 is 0 Å². The lowest BCUT2D eigenvalue weighted by Gasteiger charge is -2.36. The van der Waals surface area contributed by atoms with Gasteiger partial charge in [0.1, 0.15) is 5.82 Å². The first kappa shape index (κ1) is 18.6. The highest BCUT2D eigenvalue weighted by atomic mass is 16.4. The van der Waals surface area contributed by atoms with Gasteiger partial charge in [0, 0.05) is 48.8 Å². The zero-order valence-electron chi connectivity index (χ0n) is 15.9. The van der Waals surface area contributed by atoms with E-state index in [1.54, 1.807) is 23.2 Å². The summed E-state index contributed by atoms with van der Waals surface area (Å²) >= 11 is 0. The molecular weight excluding hydrogens is 356 g/mol. The van der Waals surface area contributed by atoms with Crippen LogP contribution in [0, 0.1) is 0 Å². The van der Waals surface area contributed by atoms with Crippen LogP contribution in [0.2, 0.25) is 0 Å². The van der Waals surface area contributed by atoms with Crippen LogP contribution in [0.25, 0.3) is 0 Å². The topological polar surface area (TPSA) is 96.2 Å². The maximum absolute atomic E-state index is 11.6. The van der Waals surface area contributed by atoms with Gasteiger partial charge in [-0.05, 0) is 32.1 Å². The molecule has 1 unspecified atom stereocenters. The van der Waals surface area contributed by atoms with Gasteiger partial charge in [0.05, 0.1) is 12.7 Å². The molecule has 0 bridgehead atoms. The van der Waals surface area contributed by atoms with Gasteiger partial charge >= 0.3 is 5.97 Å². The van der Waals surface area contributed by atoms with E-state index in [0.29, 0.717) is 18.6 Å². The minimum absolute atomic E-state index is 0.195. The number of carboxylic acids is 1. The third kappa shape index (κ3) is 3.77. The molecule has 0 amide bonds. The fraction of sp³-hybridized carbons (Fsp3) is 0.500. The molecule has 2 N–H and O–H groups in total. The predicted octanol–water partition coefficient (Wildman–Crippen LogP) is 1.67. The Kier molecular flexibility index (Phi) is 5.38. The molecular formula is C20H26N6O2. The van der Waals surface area contributed by atoms with Crippen LogP contribution in [0.5, 0.6) is 0 Å². The van der Waals surface area contributed by atoms with Crippen molar-refractivity contribution in [3.8, 4) is 0 Å². The number of piperidine rings is 1. The molecule has 1 aliphatic heterocycles. The molecule has 1 fully saturated rings. The molecule has 3 heterocycles. The first-order valence-corrected chi connectivity index (χ1v) is 9.85. The van der Waals surface area contributed by atoms with Crippen LogP contribution in [0.15, 0.2) is 31.2 Å². The van der Waals surface area contributed by atoms with Gasteiger partial charge in [0.15, 0.2) is 5.69 Å². The number of hydrogen-bond donors (Lipinski definition) is 2. The Morgan fingerprint density at radius 2 is 2.11 bits per heavy atom. The van der Waals surface area contributed by atoms with Crippen molar-refractivity contribution in [3.63, 3.8) is 0 Å². The number of rotatable bonds is 6. The van der Waals surface area contributed by atoms with Crippen LogP contribution < -0.4 is 10.2 Å². The van der Waals surface area contributed by atoms with Crippen molar-refractivity contribution in [1.82, 2.24) is 25.1 Å². The van der Waals surface area contributed by atoms with Gasteiger partial charge < -0.3 is 15.3 Å². The summed E-state index contributed by atoms with van der Waals surface area (Å²) in [5.41, 5.74) is 2.13. The summed E-state index contributed by atoms with van der Waals surface area (Å²) in [4.78, 5) is 22.4. The van der Waals surface area contributed by atoms with Crippen molar-refractivity contribution in [2.75, 3.05) is 18.0 Å². The van der Waals surface area contributed by atoms with Crippen LogP contribution in [-0.2, 0) is 19.4 Å². The molecule has 0 aromatic carbocycles. The van der Waals surface area contributed by atoms with E-state index in [9.17, 15) is 9.90 Å². The SMILES string of the molecule is C=CCn1nc(C(=O)O)c2c1CCC(NC1CCN(c3cnccn3)CC1)C2. The molecule has 2 aromatic rings. The largest absolute Gasteiger partial charge is 0.476 e. The maximum atomic E-state index is 11.6. The number of hydrogen-bond acceptors (Lipinski definition) is 6. The monoisotopic (exact) mass is 382 g/mol. The molecule has 28 heavy (non-hydrogen) atoms. The van der Waals surface area contributed by atoms with Crippen LogP contribution >= 0.6 is 0 Å². The first-order chi connectivity index (χ1) is 13.7. The number of carbonyl (C=O) groups is 1. The molecule has 2 aromatic heterocycles. The van der Waals surface area contributed by atoms with Gasteiger partial charge in [-0.1, -0.05) is 6.08 Å². The number of anilines is 1. The Hall–Kier alpha value is -2.74. The summed E-state index contributed by atoms with van der Waals surface area (Å²) in [6, 6.07) is 0.732. The van der Waals surface area contributed by atoms with Crippen LogP contribution in [0.4, 0.5) is 5.82 Å². The summed E-state index contributed by atoms with van der Waals surface area (Å²) in [7, 11) is 0. The van der Waals surface area contributed by atoms with Crippen molar-refractivity contribution in [2.45, 2.75) is 50.7 Å². The van der Waals surface area contributed by atoms with Crippen molar-refractivity contribution in [1.29, 1.82) is 0 Å². The summed E-state index contributed by atoms with van der Waals surface area (Å²) in [5.74, 6) is -0.0130. The molecule has 148 valence electrons. The second-order valence-electron chi connectivity index (χ2n) is 7.48. The number of nitrogens with one attached hydrogen (secondary N) is 1. The highest BCUT2D eigenvalue weighted by Crippen LogP contribution is 2.26. The molecule has 4 rings (SSSR count). The Bertz CT molecular complexity index is 842. The van der Waals surface area contributed by atoms with Crippen LogP contribution in [-0.4, -0.2) is 56.0 Å². The quantitative estimate of drug-likeness (QED) is 0.734. The van der Waals surface area contributed by atoms with E-state index in [-0.39, 0.29) is 5.69 Å². The smallest absolute Gasteiger partial charge is 0.356 e. The minimum Gasteiger partial charge on any atom is -0.476 e. The zero-order chi connectivity index (χ0) is 19.5. The number of fused-ring (bicyclic) bond motifs is 1. The standard InChI is InChI=1S/C20H26N6O2/c1-2-9-26-17-4-3-15(12-16(17)19(24-26)20(27)28)23-14-5-10-25(11-6-14)18-13-21-7-8-22-18/h2,7-8,13-15,23H,1,3-6,9-12H2,(H,27,28). The van der Waals surface area contributed by atoms with Gasteiger partial charge in [0.2, 0.25) is 0 Å². The fourth-order valence-corrected chi connectivity index (χ4v) is 4.34. The Morgan fingerprint density at radius 3 is 2.79 bits per heavy atom. The minimum atomic E-state index is -0.947. The fourth-order valence-electron chi connectivity index (χ4n) is 4.34. The van der Waals surface area contributed by atoms with E-state index in [1.165, 1.54) is 0 Å². The van der Waals surface area contributed by atoms with Gasteiger partial charge in [-0.15, -0.1) is 6.58 Å². The summed E-state index contributed by atoms with van der Waals surface area (Å²) in [5, 5.41) is 17.6. The molecule has 1 saturated heterocycles. The Labute approximate surface area is 164 Å². The lowest BCUT2D eigenvalue weighted by Crippen LogP contribution is -2.48. The molecule has 0 spiro atoms. The third-order valence-corrected chi connectivity index (χ3v) is 5.69. The molecule has 8 nitrogen and oxygen atoms in total. The number of aromatic carboxylic acids is 1. The second-order valence-corrected chi connectivity index (χ2v) is 7.48. The number of carboxylic acid groups (broad SMARTS) is 1. The Morgan fingerprint density at radius 1 is 1.29 bits per heavy atom. The average molecular weight is 382 g/mol. The lowest BCUT2D eigenvalue weighted by atomic mass is 9.90. The third-order valence-electron chi connectivity index (χ3n) is 5.69. The van der Waals surface area contributed by atoms with Crippen molar-refractivity contribution < 1.29 is 9.90 Å². The second kappa shape index (κ2) is 8.10. The van der Waals surface area contributed by atoms with Gasteiger partial charge in [-0.3, -0.25) is 9.67 Å². The van der Waals surface area contributed by atoms with Crippen molar-refractivity contribution in [2.24, 2.45) is 0 Å². The maximum Gasteiger partial charge on any atom is 0.356 e. The van der Waals surface area contributed by atoms with Gasteiger partial charge in [-0.2, -0.15) is 5.10 Å². The van der Waals surface area contributed by atoms with Gasteiger partial charge in [0.25, 0.3) is 0 Å². The van der Waals surface area contributed by atoms with E-state index in [0.717, 1.165) is 62.3 Å². The van der Waals surface area contributed by atoms with Crippen LogP contribution in [0.1, 0.15) is 41.0 Å². The zero-order valence-corrected chi connectivity index (χ0v) is 15.9. The van der Waals surface area contributed by atoms with Gasteiger partial charge in [-0.25, -0.2) is 9.78 Å². The number of allylic oxidation sites excluding steroid dienone is 1. The molecule has 0 radical (unpaired) electrons. The van der Waals surface area contributed by atoms with Crippen molar-refractivity contribution >= 4 is 11.8 Å². The highest BCUT2D eigenvalue weighted by Gasteiger charge is 2.30. The van der Waals surface area contributed by atoms with E-state index in [1.807, 2.05) is 6.20 Å². The van der Waals surface area contributed by atoms with E-state index in [4.69, 9.17) is 0 Å². The first-order valence-electron chi connectivity index (χ1n) is 9.85. The van der Waals surface area contributed by atoms with E-state index in [2.05, 4.69) is 31.9 Å². The molecule has 1 aliphatic carbocycles. The van der Waals surface area contributed by atoms with Crippen LogP contribution in [0.3, 0.4) is 0 Å². The van der Waals surface area contributed by atoms with Crippen molar-refractivity contribution in [3.05, 3.63) is 48.2 Å². The number of aromatic nitrogens is 4. The molecule has 0 saturated carbocycles. The highest BCUT2D eigenvalue weighted by molar-refractivity contribution is 5.87. The average Bonchev–Trinajstić information content (AvgIpc) is 3.08. The molecule has 2 aliphatic rings. The summed E-state index contributed by atoms with van der Waals surface area (Å²) in [6.45, 7) is 6.20. The molecule has 1 atom stereocenters. The Balaban J connectivity index is 1.38. The lowest BCUT2D eigenvalue weighted by molar-refractivity contribution is 0.0688. The summed E-state index contributed by atoms with van der Waals surface area (Å²) < 4.78 is 1.79. The predicted molar refractivity (Wildman–Crippen MR) is 106 cm³/mol. The molecule has 8 heteroatoms. The van der Waals surface area contributed by atoms with E-state index < -0.39 is 5.97 Å². The summed E-state index contributed by atoms with van der Waals surface area (Å²) in [6.07, 6.45) is 11.6. The number of nitrogens with zero attached hydrogens (tertiary/aromatic N) is 5. The normalized spacial score (nSPS) is 20.0.